The molecule has 0 amide bonds. The third-order valence-corrected chi connectivity index (χ3v) is 3.29. The van der Waals surface area contributed by atoms with E-state index in [0.29, 0.717) is 17.9 Å². The first kappa shape index (κ1) is 13.4. The zero-order chi connectivity index (χ0) is 13.3. The monoisotopic (exact) mass is 271 g/mol. The Morgan fingerprint density at radius 1 is 1.16 bits per heavy atom. The fourth-order valence-corrected chi connectivity index (χ4v) is 2.16. The van der Waals surface area contributed by atoms with Crippen LogP contribution in [0.2, 0.25) is 0 Å². The van der Waals surface area contributed by atoms with Crippen molar-refractivity contribution < 1.29 is 4.74 Å². The summed E-state index contributed by atoms with van der Waals surface area (Å²) >= 11 is 1.60. The number of hydrogen-bond acceptors (Lipinski definition) is 5. The quantitative estimate of drug-likeness (QED) is 0.459. The topological polar surface area (TPSA) is 58.8 Å². The summed E-state index contributed by atoms with van der Waals surface area (Å²) in [6.07, 6.45) is 4.34. The highest BCUT2D eigenvalue weighted by Gasteiger charge is 2.01. The minimum Gasteiger partial charge on any atom is -0.492 e. The summed E-state index contributed by atoms with van der Waals surface area (Å²) in [6, 6.07) is 11.2. The van der Waals surface area contributed by atoms with Crippen LogP contribution in [0.1, 0.15) is 12.0 Å². The Morgan fingerprint density at radius 2 is 1.95 bits per heavy atom. The lowest BCUT2D eigenvalue weighted by molar-refractivity contribution is 0.318. The lowest BCUT2D eigenvalue weighted by Crippen LogP contribution is -2.00. The summed E-state index contributed by atoms with van der Waals surface area (Å²) in [5.74, 6) is 1.53. The smallest absolute Gasteiger partial charge is 0.187 e. The minimum absolute atomic E-state index is 0.571. The van der Waals surface area contributed by atoms with Crippen molar-refractivity contribution >= 4 is 11.8 Å². The van der Waals surface area contributed by atoms with Crippen molar-refractivity contribution in [1.82, 2.24) is 9.97 Å². The summed E-state index contributed by atoms with van der Waals surface area (Å²) in [6.45, 7) is 0.582. The fraction of sp³-hybridized carbons (Fsp3) is 0.214. The third-order valence-electron chi connectivity index (χ3n) is 2.33. The number of aromatic nitrogens is 2. The molecule has 0 fully saturated rings. The molecule has 0 unspecified atom stereocenters. The molecule has 96 valence electrons. The van der Waals surface area contributed by atoms with Crippen LogP contribution in [-0.2, 0) is 0 Å². The fourth-order valence-electron chi connectivity index (χ4n) is 1.45. The number of rotatable bonds is 6. The molecule has 0 N–H and O–H groups in total. The van der Waals surface area contributed by atoms with Crippen molar-refractivity contribution in [3.05, 3.63) is 48.3 Å². The van der Waals surface area contributed by atoms with Crippen LogP contribution in [0.25, 0.3) is 0 Å². The molecule has 1 aromatic heterocycles. The van der Waals surface area contributed by atoms with E-state index >= 15 is 0 Å². The molecule has 5 heteroatoms. The molecule has 0 aliphatic rings. The molecule has 0 aliphatic heterocycles. The van der Waals surface area contributed by atoms with Crippen LogP contribution in [0.4, 0.5) is 0 Å². The molecule has 4 nitrogen and oxygen atoms in total. The van der Waals surface area contributed by atoms with Crippen LogP contribution in [0.15, 0.2) is 47.9 Å². The molecule has 0 saturated heterocycles. The number of nitriles is 1. The maximum atomic E-state index is 8.92. The van der Waals surface area contributed by atoms with E-state index in [1.165, 1.54) is 0 Å². The average Bonchev–Trinajstić information content (AvgIpc) is 2.48. The second-order valence-electron chi connectivity index (χ2n) is 3.69. The Hall–Kier alpha value is -2.06. The Balaban J connectivity index is 1.71. The van der Waals surface area contributed by atoms with Crippen LogP contribution in [0, 0.1) is 11.3 Å². The van der Waals surface area contributed by atoms with E-state index in [1.54, 1.807) is 36.3 Å². The molecule has 2 rings (SSSR count). The van der Waals surface area contributed by atoms with Crippen LogP contribution in [-0.4, -0.2) is 22.3 Å². The maximum absolute atomic E-state index is 8.92. The number of hydrogen-bond donors (Lipinski definition) is 0. The van der Waals surface area contributed by atoms with Crippen molar-refractivity contribution in [3.8, 4) is 11.8 Å². The summed E-state index contributed by atoms with van der Waals surface area (Å²) in [4.78, 5) is 8.26. The van der Waals surface area contributed by atoms with Gasteiger partial charge in [0.2, 0.25) is 0 Å². The molecule has 0 saturated carbocycles. The molecule has 0 spiro atoms. The summed E-state index contributed by atoms with van der Waals surface area (Å²) in [5.41, 5.74) is 0.571. The van der Waals surface area contributed by atoms with E-state index < -0.39 is 0 Å². The van der Waals surface area contributed by atoms with Gasteiger partial charge in [-0.05, 0) is 24.6 Å². The first-order valence-corrected chi connectivity index (χ1v) is 6.90. The molecule has 1 heterocycles. The number of benzene rings is 1. The van der Waals surface area contributed by atoms with E-state index in [1.807, 2.05) is 18.2 Å². The molecular weight excluding hydrogens is 258 g/mol. The van der Waals surface area contributed by atoms with E-state index in [0.717, 1.165) is 17.3 Å². The third kappa shape index (κ3) is 4.27. The molecule has 0 bridgehead atoms. The van der Waals surface area contributed by atoms with Gasteiger partial charge >= 0.3 is 0 Å². The summed E-state index contributed by atoms with van der Waals surface area (Å²) < 4.78 is 5.59. The van der Waals surface area contributed by atoms with Crippen molar-refractivity contribution in [1.29, 1.82) is 5.26 Å². The standard InChI is InChI=1S/C14H13N3OS/c15-11-12-5-1-2-6-13(12)18-9-4-10-19-14-16-7-3-8-17-14/h1-3,5-8H,4,9-10H2. The Labute approximate surface area is 116 Å². The van der Waals surface area contributed by atoms with Crippen LogP contribution < -0.4 is 4.74 Å². The minimum atomic E-state index is 0.571. The van der Waals surface area contributed by atoms with Crippen LogP contribution in [0.3, 0.4) is 0 Å². The van der Waals surface area contributed by atoms with Crippen molar-refractivity contribution in [2.45, 2.75) is 11.6 Å². The van der Waals surface area contributed by atoms with Gasteiger partial charge in [0, 0.05) is 18.1 Å². The Morgan fingerprint density at radius 3 is 2.74 bits per heavy atom. The zero-order valence-corrected chi connectivity index (χ0v) is 11.1. The van der Waals surface area contributed by atoms with Crippen LogP contribution >= 0.6 is 11.8 Å². The van der Waals surface area contributed by atoms with Gasteiger partial charge in [-0.15, -0.1) is 0 Å². The van der Waals surface area contributed by atoms with Gasteiger partial charge in [0.25, 0.3) is 0 Å². The molecule has 0 aliphatic carbocycles. The summed E-state index contributed by atoms with van der Waals surface area (Å²) in [5, 5.41) is 9.70. The van der Waals surface area contributed by atoms with Crippen molar-refractivity contribution in [3.63, 3.8) is 0 Å². The lowest BCUT2D eigenvalue weighted by Gasteiger charge is -2.06. The first-order valence-electron chi connectivity index (χ1n) is 5.92. The molecule has 2 aromatic rings. The number of thioether (sulfide) groups is 1. The number of nitrogens with zero attached hydrogens (tertiary/aromatic N) is 3. The second kappa shape index (κ2) is 7.39. The Kier molecular flexibility index (Phi) is 5.20. The SMILES string of the molecule is N#Cc1ccccc1OCCCSc1ncccn1. The van der Waals surface area contributed by atoms with Gasteiger partial charge in [-0.1, -0.05) is 23.9 Å². The highest BCUT2D eigenvalue weighted by atomic mass is 32.2. The van der Waals surface area contributed by atoms with E-state index in [2.05, 4.69) is 16.0 Å². The highest BCUT2D eigenvalue weighted by Crippen LogP contribution is 2.17. The molecule has 19 heavy (non-hydrogen) atoms. The lowest BCUT2D eigenvalue weighted by atomic mass is 10.2. The Bertz CT molecular complexity index is 554. The average molecular weight is 271 g/mol. The molecule has 1 aromatic carbocycles. The number of para-hydroxylation sites is 1. The summed E-state index contributed by atoms with van der Waals surface area (Å²) in [7, 11) is 0. The zero-order valence-electron chi connectivity index (χ0n) is 10.3. The predicted octanol–water partition coefficient (Wildman–Crippen LogP) is 2.91. The molecule has 0 radical (unpaired) electrons. The van der Waals surface area contributed by atoms with E-state index in [9.17, 15) is 0 Å². The first-order chi connectivity index (χ1) is 9.40. The van der Waals surface area contributed by atoms with Gasteiger partial charge in [0.1, 0.15) is 11.8 Å². The maximum Gasteiger partial charge on any atom is 0.187 e. The van der Waals surface area contributed by atoms with E-state index in [4.69, 9.17) is 10.00 Å². The van der Waals surface area contributed by atoms with Crippen LogP contribution in [0.5, 0.6) is 5.75 Å². The van der Waals surface area contributed by atoms with Gasteiger partial charge in [-0.3, -0.25) is 0 Å². The predicted molar refractivity (Wildman–Crippen MR) is 74.0 cm³/mol. The largest absolute Gasteiger partial charge is 0.492 e. The van der Waals surface area contributed by atoms with Crippen molar-refractivity contribution in [2.24, 2.45) is 0 Å². The van der Waals surface area contributed by atoms with Gasteiger partial charge < -0.3 is 4.74 Å². The highest BCUT2D eigenvalue weighted by molar-refractivity contribution is 7.99. The molecule has 0 atom stereocenters. The molecular formula is C14H13N3OS. The normalized spacial score (nSPS) is 9.84. The number of ether oxygens (including phenoxy) is 1. The van der Waals surface area contributed by atoms with Gasteiger partial charge in [0.15, 0.2) is 5.16 Å². The van der Waals surface area contributed by atoms with Gasteiger partial charge in [-0.2, -0.15) is 5.26 Å². The van der Waals surface area contributed by atoms with Gasteiger partial charge in [-0.25, -0.2) is 9.97 Å². The van der Waals surface area contributed by atoms with Gasteiger partial charge in [0.05, 0.1) is 12.2 Å². The van der Waals surface area contributed by atoms with E-state index in [-0.39, 0.29) is 0 Å². The van der Waals surface area contributed by atoms with Crippen molar-refractivity contribution in [2.75, 3.05) is 12.4 Å². The second-order valence-corrected chi connectivity index (χ2v) is 4.75.